The van der Waals surface area contributed by atoms with Gasteiger partial charge in [-0.25, -0.2) is 0 Å². The van der Waals surface area contributed by atoms with E-state index in [1.165, 1.54) is 45.4 Å². The predicted molar refractivity (Wildman–Crippen MR) is 60.4 cm³/mol. The van der Waals surface area contributed by atoms with Crippen LogP contribution in [0.2, 0.25) is 0 Å². The minimum absolute atomic E-state index is 1.01. The first-order valence-electron chi connectivity index (χ1n) is 5.93. The molecule has 2 rings (SSSR count). The fraction of sp³-hybridized carbons (Fsp3) is 0.833. The molecule has 14 heavy (non-hydrogen) atoms. The summed E-state index contributed by atoms with van der Waals surface area (Å²) in [5.74, 6) is 1.01. The highest BCUT2D eigenvalue weighted by Gasteiger charge is 2.20. The van der Waals surface area contributed by atoms with E-state index in [9.17, 15) is 0 Å². The second-order valence-electron chi connectivity index (χ2n) is 4.75. The van der Waals surface area contributed by atoms with Crippen molar-refractivity contribution < 1.29 is 0 Å². The summed E-state index contributed by atoms with van der Waals surface area (Å²) < 4.78 is 0. The van der Waals surface area contributed by atoms with Crippen LogP contribution in [0.15, 0.2) is 11.6 Å². The van der Waals surface area contributed by atoms with Gasteiger partial charge in [0.25, 0.3) is 0 Å². The summed E-state index contributed by atoms with van der Waals surface area (Å²) in [6.45, 7) is 8.30. The highest BCUT2D eigenvalue weighted by Crippen LogP contribution is 2.27. The molecule has 1 aliphatic heterocycles. The van der Waals surface area contributed by atoms with Gasteiger partial charge in [-0.2, -0.15) is 0 Å². The lowest BCUT2D eigenvalue weighted by molar-refractivity contribution is 0.292. The predicted octanol–water partition coefficient (Wildman–Crippen LogP) is 1.64. The molecule has 0 saturated heterocycles. The molecule has 0 atom stereocenters. The van der Waals surface area contributed by atoms with Crippen LogP contribution >= 0.6 is 0 Å². The quantitative estimate of drug-likeness (QED) is 0.529. The second kappa shape index (κ2) is 4.94. The Bertz CT molecular complexity index is 206. The Morgan fingerprint density at radius 3 is 3.00 bits per heavy atom. The third-order valence-corrected chi connectivity index (χ3v) is 3.26. The summed E-state index contributed by atoms with van der Waals surface area (Å²) in [5.41, 5.74) is 1.56. The summed E-state index contributed by atoms with van der Waals surface area (Å²) in [6.07, 6.45) is 6.55. The average Bonchev–Trinajstić information content (AvgIpc) is 2.99. The van der Waals surface area contributed by atoms with E-state index in [2.05, 4.69) is 23.2 Å². The zero-order valence-electron chi connectivity index (χ0n) is 9.26. The largest absolute Gasteiger partial charge is 0.315 e. The monoisotopic (exact) mass is 194 g/mol. The van der Waals surface area contributed by atoms with E-state index >= 15 is 0 Å². The highest BCUT2D eigenvalue weighted by atomic mass is 15.1. The molecular weight excluding hydrogens is 172 g/mol. The number of hydrogen-bond donors (Lipinski definition) is 1. The van der Waals surface area contributed by atoms with Gasteiger partial charge in [0.05, 0.1) is 0 Å². The molecule has 0 bridgehead atoms. The molecule has 0 amide bonds. The summed E-state index contributed by atoms with van der Waals surface area (Å²) in [5, 5.41) is 3.54. The molecule has 1 N–H and O–H groups in total. The van der Waals surface area contributed by atoms with E-state index in [4.69, 9.17) is 0 Å². The number of rotatable bonds is 5. The van der Waals surface area contributed by atoms with Crippen LogP contribution in [0.25, 0.3) is 0 Å². The molecule has 1 aliphatic carbocycles. The molecule has 0 aromatic heterocycles. The van der Waals surface area contributed by atoms with Crippen molar-refractivity contribution in [2.75, 3.05) is 32.7 Å². The summed E-state index contributed by atoms with van der Waals surface area (Å²) >= 11 is 0. The van der Waals surface area contributed by atoms with Gasteiger partial charge in [0.1, 0.15) is 0 Å². The zero-order chi connectivity index (χ0) is 9.80. The summed E-state index contributed by atoms with van der Waals surface area (Å²) in [4.78, 5) is 2.53. The smallest absolute Gasteiger partial charge is 0.0166 e. The van der Waals surface area contributed by atoms with Crippen molar-refractivity contribution in [3.63, 3.8) is 0 Å². The van der Waals surface area contributed by atoms with Crippen molar-refractivity contribution in [2.24, 2.45) is 5.92 Å². The maximum atomic E-state index is 3.54. The minimum Gasteiger partial charge on any atom is -0.315 e. The van der Waals surface area contributed by atoms with E-state index in [1.807, 2.05) is 0 Å². The molecule has 2 nitrogen and oxygen atoms in total. The van der Waals surface area contributed by atoms with Crippen molar-refractivity contribution in [2.45, 2.75) is 26.2 Å². The van der Waals surface area contributed by atoms with Crippen LogP contribution in [-0.2, 0) is 0 Å². The van der Waals surface area contributed by atoms with Gasteiger partial charge in [0, 0.05) is 26.2 Å². The molecule has 2 aliphatic rings. The van der Waals surface area contributed by atoms with E-state index in [1.54, 1.807) is 5.57 Å². The van der Waals surface area contributed by atoms with Crippen molar-refractivity contribution in [3.05, 3.63) is 11.6 Å². The van der Waals surface area contributed by atoms with Gasteiger partial charge in [-0.1, -0.05) is 11.6 Å². The fourth-order valence-electron chi connectivity index (χ4n) is 1.88. The van der Waals surface area contributed by atoms with E-state index in [0.29, 0.717) is 0 Å². The van der Waals surface area contributed by atoms with E-state index in [-0.39, 0.29) is 0 Å². The molecular formula is C12H22N2. The number of nitrogens with zero attached hydrogens (tertiary/aromatic N) is 1. The van der Waals surface area contributed by atoms with Gasteiger partial charge >= 0.3 is 0 Å². The van der Waals surface area contributed by atoms with Crippen LogP contribution in [0.5, 0.6) is 0 Å². The Labute approximate surface area is 87.4 Å². The Hall–Kier alpha value is -0.340. The maximum Gasteiger partial charge on any atom is 0.0166 e. The van der Waals surface area contributed by atoms with Gasteiger partial charge in [-0.15, -0.1) is 0 Å². The molecule has 0 aromatic rings. The van der Waals surface area contributed by atoms with Crippen LogP contribution in [-0.4, -0.2) is 37.6 Å². The molecule has 1 heterocycles. The Balaban J connectivity index is 1.52. The van der Waals surface area contributed by atoms with E-state index < -0.39 is 0 Å². The standard InChI is InChI=1S/C12H22N2/c1-11-4-7-14(8-5-11)9-6-13-10-12-2-3-12/h4,12-13H,2-3,5-10H2,1H3. The van der Waals surface area contributed by atoms with Crippen LogP contribution in [0.3, 0.4) is 0 Å². The fourth-order valence-corrected chi connectivity index (χ4v) is 1.88. The summed E-state index contributed by atoms with van der Waals surface area (Å²) in [6, 6.07) is 0. The summed E-state index contributed by atoms with van der Waals surface area (Å²) in [7, 11) is 0. The molecule has 0 spiro atoms. The third-order valence-electron chi connectivity index (χ3n) is 3.26. The van der Waals surface area contributed by atoms with Crippen LogP contribution < -0.4 is 5.32 Å². The lowest BCUT2D eigenvalue weighted by Crippen LogP contribution is -2.35. The van der Waals surface area contributed by atoms with Gasteiger partial charge < -0.3 is 5.32 Å². The maximum absolute atomic E-state index is 3.54. The van der Waals surface area contributed by atoms with Crippen molar-refractivity contribution in [1.82, 2.24) is 10.2 Å². The Kier molecular flexibility index (Phi) is 3.60. The van der Waals surface area contributed by atoms with Crippen molar-refractivity contribution >= 4 is 0 Å². The van der Waals surface area contributed by atoms with Crippen LogP contribution in [0.4, 0.5) is 0 Å². The first-order valence-corrected chi connectivity index (χ1v) is 5.93. The first kappa shape index (κ1) is 10.2. The molecule has 80 valence electrons. The van der Waals surface area contributed by atoms with Gasteiger partial charge in [0.15, 0.2) is 0 Å². The van der Waals surface area contributed by atoms with Crippen molar-refractivity contribution in [1.29, 1.82) is 0 Å². The Morgan fingerprint density at radius 2 is 2.36 bits per heavy atom. The topological polar surface area (TPSA) is 15.3 Å². The molecule has 2 heteroatoms. The average molecular weight is 194 g/mol. The van der Waals surface area contributed by atoms with Gasteiger partial charge in [-0.05, 0) is 38.6 Å². The molecule has 1 fully saturated rings. The number of hydrogen-bond acceptors (Lipinski definition) is 2. The third kappa shape index (κ3) is 3.43. The molecule has 0 unspecified atom stereocenters. The minimum atomic E-state index is 1.01. The van der Waals surface area contributed by atoms with Gasteiger partial charge in [0.2, 0.25) is 0 Å². The SMILES string of the molecule is CC1=CCN(CCNCC2CC2)CC1. The van der Waals surface area contributed by atoms with Crippen molar-refractivity contribution in [3.8, 4) is 0 Å². The lowest BCUT2D eigenvalue weighted by Gasteiger charge is -2.25. The second-order valence-corrected chi connectivity index (χ2v) is 4.75. The van der Waals surface area contributed by atoms with Crippen LogP contribution in [0, 0.1) is 5.92 Å². The Morgan fingerprint density at radius 1 is 1.50 bits per heavy atom. The van der Waals surface area contributed by atoms with Crippen LogP contribution in [0.1, 0.15) is 26.2 Å². The molecule has 1 saturated carbocycles. The lowest BCUT2D eigenvalue weighted by atomic mass is 10.1. The normalized spacial score (nSPS) is 23.6. The first-order chi connectivity index (χ1) is 6.84. The number of nitrogens with one attached hydrogen (secondary N) is 1. The highest BCUT2D eigenvalue weighted by molar-refractivity contribution is 5.03. The van der Waals surface area contributed by atoms with Gasteiger partial charge in [-0.3, -0.25) is 4.90 Å². The zero-order valence-corrected chi connectivity index (χ0v) is 9.26. The molecule has 0 aromatic carbocycles. The molecule has 0 radical (unpaired) electrons. The van der Waals surface area contributed by atoms with E-state index in [0.717, 1.165) is 12.5 Å².